The molecule has 1 saturated heterocycles. The van der Waals surface area contributed by atoms with Gasteiger partial charge in [0.1, 0.15) is 5.60 Å². The molecule has 1 heterocycles. The van der Waals surface area contributed by atoms with E-state index < -0.39 is 23.1 Å². The van der Waals surface area contributed by atoms with Crippen LogP contribution in [-0.4, -0.2) is 28.2 Å². The summed E-state index contributed by atoms with van der Waals surface area (Å²) in [6.45, 7) is 7.10. The Morgan fingerprint density at radius 1 is 1.42 bits per heavy atom. The maximum Gasteiger partial charge on any atom is 0.186 e. The fourth-order valence-corrected chi connectivity index (χ4v) is 1.04. The molecule has 0 radical (unpaired) electrons. The second-order valence-corrected chi connectivity index (χ2v) is 5.08. The Morgan fingerprint density at radius 2 is 1.92 bits per heavy atom. The van der Waals surface area contributed by atoms with Gasteiger partial charge in [-0.3, -0.25) is 0 Å². The van der Waals surface area contributed by atoms with E-state index >= 15 is 0 Å². The molecule has 0 aromatic heterocycles. The van der Waals surface area contributed by atoms with Crippen LogP contribution in [0.25, 0.3) is 0 Å². The van der Waals surface area contributed by atoms with E-state index in [1.807, 2.05) is 0 Å². The highest BCUT2D eigenvalue weighted by atomic mass is 35.5. The van der Waals surface area contributed by atoms with Crippen LogP contribution in [0.1, 0.15) is 27.7 Å². The van der Waals surface area contributed by atoms with Crippen LogP contribution in [0.2, 0.25) is 0 Å². The molecular formula is C8H15ClO3. The first-order chi connectivity index (χ1) is 5.23. The van der Waals surface area contributed by atoms with Crippen molar-refractivity contribution in [1.82, 2.24) is 0 Å². The van der Waals surface area contributed by atoms with E-state index in [1.165, 1.54) is 0 Å². The first kappa shape index (κ1) is 10.3. The SMILES string of the molecule is CC(C)(Cl)C1OC(O)C(C)(C)O1. The van der Waals surface area contributed by atoms with Gasteiger partial charge in [0.25, 0.3) is 0 Å². The van der Waals surface area contributed by atoms with E-state index in [0.717, 1.165) is 0 Å². The van der Waals surface area contributed by atoms with Crippen molar-refractivity contribution in [2.45, 2.75) is 50.8 Å². The van der Waals surface area contributed by atoms with Gasteiger partial charge in [-0.15, -0.1) is 11.6 Å². The molecule has 4 heteroatoms. The van der Waals surface area contributed by atoms with Crippen molar-refractivity contribution < 1.29 is 14.6 Å². The summed E-state index contributed by atoms with van der Waals surface area (Å²) in [7, 11) is 0. The van der Waals surface area contributed by atoms with Gasteiger partial charge in [0.2, 0.25) is 0 Å². The molecule has 2 unspecified atom stereocenters. The van der Waals surface area contributed by atoms with Crippen LogP contribution in [0.4, 0.5) is 0 Å². The van der Waals surface area contributed by atoms with Crippen molar-refractivity contribution in [3.63, 3.8) is 0 Å². The molecule has 0 saturated carbocycles. The molecule has 12 heavy (non-hydrogen) atoms. The first-order valence-corrected chi connectivity index (χ1v) is 4.31. The summed E-state index contributed by atoms with van der Waals surface area (Å²) in [5.74, 6) is 0. The van der Waals surface area contributed by atoms with Gasteiger partial charge in [0, 0.05) is 0 Å². The average Bonchev–Trinajstić information content (AvgIpc) is 2.06. The first-order valence-electron chi connectivity index (χ1n) is 3.94. The highest BCUT2D eigenvalue weighted by molar-refractivity contribution is 6.23. The van der Waals surface area contributed by atoms with Crippen molar-refractivity contribution in [2.75, 3.05) is 0 Å². The van der Waals surface area contributed by atoms with Gasteiger partial charge < -0.3 is 14.6 Å². The fourth-order valence-electron chi connectivity index (χ4n) is 0.945. The maximum absolute atomic E-state index is 9.38. The zero-order valence-corrected chi connectivity index (χ0v) is 8.55. The van der Waals surface area contributed by atoms with Crippen LogP contribution in [0.5, 0.6) is 0 Å². The van der Waals surface area contributed by atoms with Crippen LogP contribution in [0, 0.1) is 0 Å². The molecular weight excluding hydrogens is 180 g/mol. The smallest absolute Gasteiger partial charge is 0.186 e. The number of aliphatic hydroxyl groups excluding tert-OH is 1. The minimum absolute atomic E-state index is 0.552. The number of aliphatic hydroxyl groups is 1. The van der Waals surface area contributed by atoms with Gasteiger partial charge in [0.05, 0.1) is 4.87 Å². The molecule has 0 aliphatic carbocycles. The number of hydrogen-bond donors (Lipinski definition) is 1. The lowest BCUT2D eigenvalue weighted by Gasteiger charge is -2.24. The van der Waals surface area contributed by atoms with Crippen LogP contribution in [-0.2, 0) is 9.47 Å². The van der Waals surface area contributed by atoms with Gasteiger partial charge >= 0.3 is 0 Å². The molecule has 0 aromatic carbocycles. The highest BCUT2D eigenvalue weighted by Gasteiger charge is 2.47. The minimum atomic E-state index is -0.902. The average molecular weight is 195 g/mol. The van der Waals surface area contributed by atoms with E-state index in [2.05, 4.69) is 0 Å². The van der Waals surface area contributed by atoms with E-state index in [9.17, 15) is 5.11 Å². The minimum Gasteiger partial charge on any atom is -0.366 e. The zero-order chi connectivity index (χ0) is 9.57. The Labute approximate surface area is 77.6 Å². The van der Waals surface area contributed by atoms with Crippen LogP contribution in [0.3, 0.4) is 0 Å². The Bertz CT molecular complexity index is 174. The predicted molar refractivity (Wildman–Crippen MR) is 46.0 cm³/mol. The third-order valence-electron chi connectivity index (χ3n) is 1.82. The molecule has 2 atom stereocenters. The summed E-state index contributed by atoms with van der Waals surface area (Å²) >= 11 is 5.97. The fraction of sp³-hybridized carbons (Fsp3) is 1.00. The van der Waals surface area contributed by atoms with Gasteiger partial charge in [-0.25, -0.2) is 0 Å². The van der Waals surface area contributed by atoms with E-state index in [0.29, 0.717) is 0 Å². The number of hydrogen-bond acceptors (Lipinski definition) is 3. The predicted octanol–water partition coefficient (Wildman–Crippen LogP) is 1.47. The third kappa shape index (κ3) is 1.91. The van der Waals surface area contributed by atoms with Crippen molar-refractivity contribution in [3.05, 3.63) is 0 Å². The third-order valence-corrected chi connectivity index (χ3v) is 2.00. The molecule has 0 bridgehead atoms. The Hall–Kier alpha value is 0.170. The van der Waals surface area contributed by atoms with Crippen LogP contribution in [0.15, 0.2) is 0 Å². The largest absolute Gasteiger partial charge is 0.366 e. The van der Waals surface area contributed by atoms with Crippen molar-refractivity contribution in [2.24, 2.45) is 0 Å². The van der Waals surface area contributed by atoms with E-state index in [1.54, 1.807) is 27.7 Å². The monoisotopic (exact) mass is 194 g/mol. The quantitative estimate of drug-likeness (QED) is 0.643. The normalized spacial score (nSPS) is 35.5. The molecule has 0 spiro atoms. The van der Waals surface area contributed by atoms with Gasteiger partial charge in [0.15, 0.2) is 12.6 Å². The summed E-state index contributed by atoms with van der Waals surface area (Å²) < 4.78 is 10.6. The van der Waals surface area contributed by atoms with Crippen molar-refractivity contribution in [3.8, 4) is 0 Å². The molecule has 0 amide bonds. The molecule has 1 fully saturated rings. The maximum atomic E-state index is 9.38. The second kappa shape index (κ2) is 2.84. The van der Waals surface area contributed by atoms with Crippen LogP contribution >= 0.6 is 11.6 Å². The van der Waals surface area contributed by atoms with E-state index in [-0.39, 0.29) is 0 Å². The Morgan fingerprint density at radius 3 is 2.08 bits per heavy atom. The topological polar surface area (TPSA) is 38.7 Å². The van der Waals surface area contributed by atoms with Gasteiger partial charge in [-0.1, -0.05) is 0 Å². The zero-order valence-electron chi connectivity index (χ0n) is 7.80. The summed E-state index contributed by atoms with van der Waals surface area (Å²) in [6.07, 6.45) is -1.45. The van der Waals surface area contributed by atoms with Gasteiger partial charge in [-0.2, -0.15) is 0 Å². The summed E-state index contributed by atoms with van der Waals surface area (Å²) in [5.41, 5.74) is -0.670. The Balaban J connectivity index is 2.67. The lowest BCUT2D eigenvalue weighted by Crippen LogP contribution is -2.34. The highest BCUT2D eigenvalue weighted by Crippen LogP contribution is 2.35. The standard InChI is InChI=1S/C8H15ClO3/c1-7(2,9)6-11-5(10)8(3,4)12-6/h5-6,10H,1-4H3. The summed E-state index contributed by atoms with van der Waals surface area (Å²) in [6, 6.07) is 0. The van der Waals surface area contributed by atoms with E-state index in [4.69, 9.17) is 21.1 Å². The van der Waals surface area contributed by atoms with Crippen molar-refractivity contribution >= 4 is 11.6 Å². The molecule has 72 valence electrons. The molecule has 1 aliphatic rings. The van der Waals surface area contributed by atoms with Gasteiger partial charge in [-0.05, 0) is 27.7 Å². The lowest BCUT2D eigenvalue weighted by molar-refractivity contribution is -0.127. The summed E-state index contributed by atoms with van der Waals surface area (Å²) in [5, 5.41) is 9.38. The number of rotatable bonds is 1. The molecule has 3 nitrogen and oxygen atoms in total. The molecule has 1 aliphatic heterocycles. The molecule has 1 rings (SSSR count). The number of ether oxygens (including phenoxy) is 2. The molecule has 1 N–H and O–H groups in total. The van der Waals surface area contributed by atoms with Crippen LogP contribution < -0.4 is 0 Å². The number of halogens is 1. The summed E-state index contributed by atoms with van der Waals surface area (Å²) in [4.78, 5) is -0.616. The number of alkyl halides is 1. The second-order valence-electron chi connectivity index (χ2n) is 4.11. The van der Waals surface area contributed by atoms with Crippen molar-refractivity contribution in [1.29, 1.82) is 0 Å². The lowest BCUT2D eigenvalue weighted by atomic mass is 10.1. The molecule has 0 aromatic rings. The Kier molecular flexibility index (Phi) is 2.43.